The van der Waals surface area contributed by atoms with E-state index in [2.05, 4.69) is 15.2 Å². The quantitative estimate of drug-likeness (QED) is 0.498. The Hall–Kier alpha value is -3.27. The van der Waals surface area contributed by atoms with E-state index in [1.54, 1.807) is 24.4 Å². The van der Waals surface area contributed by atoms with E-state index in [0.717, 1.165) is 17.1 Å². The summed E-state index contributed by atoms with van der Waals surface area (Å²) in [4.78, 5) is 4.34. The zero-order valence-electron chi connectivity index (χ0n) is 12.4. The monoisotopic (exact) mass is 301 g/mol. The zero-order chi connectivity index (χ0) is 15.9. The van der Waals surface area contributed by atoms with Crippen molar-refractivity contribution in [2.75, 3.05) is 0 Å². The smallest absolute Gasteiger partial charge is 0.124 e. The number of phenols is 1. The second-order valence-corrected chi connectivity index (χ2v) is 4.87. The van der Waals surface area contributed by atoms with Crippen LogP contribution in [-0.4, -0.2) is 11.3 Å². The maximum atomic E-state index is 9.69. The Labute approximate surface area is 134 Å². The molecule has 0 aliphatic rings. The summed E-state index contributed by atoms with van der Waals surface area (Å²) in [5.41, 5.74) is 3.04. The predicted molar refractivity (Wildman–Crippen MR) is 92.4 cm³/mol. The van der Waals surface area contributed by atoms with Crippen molar-refractivity contribution in [3.05, 3.63) is 84.4 Å². The molecule has 4 heteroatoms. The number of azo groups is 1. The number of benzene rings is 3. The average molecular weight is 301 g/mol. The molecule has 3 rings (SSSR count). The summed E-state index contributed by atoms with van der Waals surface area (Å²) >= 11 is 0. The molecule has 0 unspecified atom stereocenters. The van der Waals surface area contributed by atoms with Crippen molar-refractivity contribution in [3.8, 4) is 5.75 Å². The maximum Gasteiger partial charge on any atom is 0.124 e. The Balaban J connectivity index is 1.70. The molecule has 1 N–H and O–H groups in total. The van der Waals surface area contributed by atoms with Gasteiger partial charge in [0, 0.05) is 11.8 Å². The molecule has 0 heterocycles. The van der Waals surface area contributed by atoms with Crippen LogP contribution in [0, 0.1) is 0 Å². The number of aliphatic imine (C=N–C) groups is 1. The van der Waals surface area contributed by atoms with E-state index in [1.807, 2.05) is 60.7 Å². The Morgan fingerprint density at radius 3 is 1.87 bits per heavy atom. The fraction of sp³-hybridized carbons (Fsp3) is 0. The first-order chi connectivity index (χ1) is 11.3. The van der Waals surface area contributed by atoms with Gasteiger partial charge in [0.15, 0.2) is 0 Å². The molecule has 0 saturated carbocycles. The minimum Gasteiger partial charge on any atom is -0.507 e. The van der Waals surface area contributed by atoms with Crippen LogP contribution in [0.3, 0.4) is 0 Å². The van der Waals surface area contributed by atoms with Gasteiger partial charge in [0.25, 0.3) is 0 Å². The molecule has 112 valence electrons. The van der Waals surface area contributed by atoms with Gasteiger partial charge in [-0.2, -0.15) is 10.2 Å². The summed E-state index contributed by atoms with van der Waals surface area (Å²) in [6, 6.07) is 24.1. The van der Waals surface area contributed by atoms with Crippen molar-refractivity contribution < 1.29 is 5.11 Å². The lowest BCUT2D eigenvalue weighted by Crippen LogP contribution is -1.80. The number of phenolic OH excluding ortho intramolecular Hbond substituents is 1. The molecule has 4 nitrogen and oxygen atoms in total. The highest BCUT2D eigenvalue weighted by atomic mass is 16.3. The second-order valence-electron chi connectivity index (χ2n) is 4.87. The lowest BCUT2D eigenvalue weighted by atomic mass is 10.2. The van der Waals surface area contributed by atoms with Gasteiger partial charge >= 0.3 is 0 Å². The molecule has 0 spiro atoms. The van der Waals surface area contributed by atoms with E-state index in [-0.39, 0.29) is 5.75 Å². The highest BCUT2D eigenvalue weighted by Gasteiger charge is 1.96. The molecule has 0 atom stereocenters. The van der Waals surface area contributed by atoms with Gasteiger partial charge in [-0.25, -0.2) is 0 Å². The number of hydrogen-bond donors (Lipinski definition) is 1. The molecule has 3 aromatic carbocycles. The van der Waals surface area contributed by atoms with Crippen molar-refractivity contribution in [1.82, 2.24) is 0 Å². The minimum absolute atomic E-state index is 0.213. The summed E-state index contributed by atoms with van der Waals surface area (Å²) in [5, 5.41) is 18.0. The van der Waals surface area contributed by atoms with E-state index in [1.165, 1.54) is 0 Å². The topological polar surface area (TPSA) is 57.3 Å². The third-order valence-electron chi connectivity index (χ3n) is 3.18. The fourth-order valence-corrected chi connectivity index (χ4v) is 1.96. The van der Waals surface area contributed by atoms with Gasteiger partial charge in [0.1, 0.15) is 5.75 Å². The van der Waals surface area contributed by atoms with Gasteiger partial charge in [0.05, 0.1) is 17.1 Å². The fourth-order valence-electron chi connectivity index (χ4n) is 1.96. The van der Waals surface area contributed by atoms with Gasteiger partial charge < -0.3 is 5.11 Å². The normalized spacial score (nSPS) is 11.3. The van der Waals surface area contributed by atoms with Crippen LogP contribution in [0.4, 0.5) is 17.1 Å². The summed E-state index contributed by atoms with van der Waals surface area (Å²) in [6.07, 6.45) is 1.63. The largest absolute Gasteiger partial charge is 0.507 e. The van der Waals surface area contributed by atoms with Gasteiger partial charge in [-0.05, 0) is 48.5 Å². The highest BCUT2D eigenvalue weighted by molar-refractivity contribution is 5.85. The average Bonchev–Trinajstić information content (AvgIpc) is 2.61. The van der Waals surface area contributed by atoms with Crippen LogP contribution in [0.5, 0.6) is 5.75 Å². The maximum absolute atomic E-state index is 9.69. The molecule has 0 amide bonds. The van der Waals surface area contributed by atoms with E-state index in [0.29, 0.717) is 5.56 Å². The van der Waals surface area contributed by atoms with Gasteiger partial charge in [0.2, 0.25) is 0 Å². The molecule has 0 aliphatic heterocycles. The van der Waals surface area contributed by atoms with Crippen molar-refractivity contribution in [3.63, 3.8) is 0 Å². The Morgan fingerprint density at radius 2 is 1.17 bits per heavy atom. The van der Waals surface area contributed by atoms with Gasteiger partial charge in [-0.1, -0.05) is 30.3 Å². The van der Waals surface area contributed by atoms with Crippen LogP contribution in [0.15, 0.2) is 94.1 Å². The van der Waals surface area contributed by atoms with E-state index in [9.17, 15) is 5.11 Å². The first-order valence-electron chi connectivity index (χ1n) is 7.20. The lowest BCUT2D eigenvalue weighted by Gasteiger charge is -1.98. The van der Waals surface area contributed by atoms with Crippen molar-refractivity contribution in [2.45, 2.75) is 0 Å². The summed E-state index contributed by atoms with van der Waals surface area (Å²) in [7, 11) is 0. The van der Waals surface area contributed by atoms with Gasteiger partial charge in [-0.15, -0.1) is 0 Å². The molecule has 23 heavy (non-hydrogen) atoms. The van der Waals surface area contributed by atoms with Crippen LogP contribution in [-0.2, 0) is 0 Å². The number of para-hydroxylation sites is 1. The van der Waals surface area contributed by atoms with Crippen LogP contribution < -0.4 is 0 Å². The number of nitrogens with zero attached hydrogens (tertiary/aromatic N) is 3. The molecule has 0 saturated heterocycles. The number of aromatic hydroxyl groups is 1. The molecular formula is C19H15N3O. The van der Waals surface area contributed by atoms with Crippen molar-refractivity contribution in [1.29, 1.82) is 0 Å². The third kappa shape index (κ3) is 4.11. The molecule has 0 aromatic heterocycles. The van der Waals surface area contributed by atoms with E-state index in [4.69, 9.17) is 0 Å². The Morgan fingerprint density at radius 1 is 0.609 bits per heavy atom. The second kappa shape index (κ2) is 7.13. The number of hydrogen-bond acceptors (Lipinski definition) is 4. The van der Waals surface area contributed by atoms with Crippen molar-refractivity contribution >= 4 is 23.3 Å². The summed E-state index contributed by atoms with van der Waals surface area (Å²) in [5.74, 6) is 0.213. The molecular weight excluding hydrogens is 286 g/mol. The summed E-state index contributed by atoms with van der Waals surface area (Å²) in [6.45, 7) is 0. The molecule has 0 radical (unpaired) electrons. The van der Waals surface area contributed by atoms with Crippen LogP contribution in [0.2, 0.25) is 0 Å². The first kappa shape index (κ1) is 14.7. The third-order valence-corrected chi connectivity index (χ3v) is 3.18. The lowest BCUT2D eigenvalue weighted by molar-refractivity contribution is 0.474. The van der Waals surface area contributed by atoms with E-state index >= 15 is 0 Å². The zero-order valence-corrected chi connectivity index (χ0v) is 12.4. The van der Waals surface area contributed by atoms with Crippen LogP contribution in [0.1, 0.15) is 5.56 Å². The standard InChI is InChI=1S/C19H15N3O/c23-19-9-5-4-6-15(19)14-20-16-10-12-18(13-11-16)22-21-17-7-2-1-3-8-17/h1-14,23H. The van der Waals surface area contributed by atoms with Crippen molar-refractivity contribution in [2.24, 2.45) is 15.2 Å². The molecule has 0 fully saturated rings. The Bertz CT molecular complexity index is 825. The van der Waals surface area contributed by atoms with Crippen LogP contribution in [0.25, 0.3) is 0 Å². The van der Waals surface area contributed by atoms with Crippen LogP contribution >= 0.6 is 0 Å². The highest BCUT2D eigenvalue weighted by Crippen LogP contribution is 2.22. The molecule has 0 aliphatic carbocycles. The number of rotatable bonds is 4. The minimum atomic E-state index is 0.213. The SMILES string of the molecule is Oc1ccccc1C=Nc1ccc(N=Nc2ccccc2)cc1. The summed E-state index contributed by atoms with van der Waals surface area (Å²) < 4.78 is 0. The van der Waals surface area contributed by atoms with E-state index < -0.39 is 0 Å². The van der Waals surface area contributed by atoms with Gasteiger partial charge in [-0.3, -0.25) is 4.99 Å². The Kier molecular flexibility index (Phi) is 4.55. The predicted octanol–water partition coefficient (Wildman–Crippen LogP) is 5.56. The first-order valence-corrected chi connectivity index (χ1v) is 7.20. The molecule has 0 bridgehead atoms. The molecule has 3 aromatic rings.